The Hall–Kier alpha value is -1.84. The van der Waals surface area contributed by atoms with Crippen molar-refractivity contribution in [3.05, 3.63) is 29.8 Å². The van der Waals surface area contributed by atoms with Crippen LogP contribution in [0.1, 0.15) is 12.0 Å². The molecule has 1 aliphatic heterocycles. The number of anilines is 1. The molecule has 1 aromatic carbocycles. The van der Waals surface area contributed by atoms with Crippen molar-refractivity contribution < 1.29 is 14.3 Å². The summed E-state index contributed by atoms with van der Waals surface area (Å²) in [7, 11) is 1.35. The van der Waals surface area contributed by atoms with E-state index in [0.29, 0.717) is 6.42 Å². The number of ether oxygens (including phenoxy) is 1. The minimum atomic E-state index is -0.508. The van der Waals surface area contributed by atoms with Gasteiger partial charge in [-0.2, -0.15) is 0 Å². The van der Waals surface area contributed by atoms with Crippen molar-refractivity contribution in [1.82, 2.24) is 0 Å². The lowest BCUT2D eigenvalue weighted by atomic mass is 9.95. The molecule has 2 unspecified atom stereocenters. The highest BCUT2D eigenvalue weighted by atomic mass is 16.5. The summed E-state index contributed by atoms with van der Waals surface area (Å²) < 4.78 is 4.74. The van der Waals surface area contributed by atoms with E-state index in [9.17, 15) is 9.59 Å². The summed E-state index contributed by atoms with van der Waals surface area (Å²) in [5, 5.41) is 3.11. The third kappa shape index (κ3) is 2.30. The molecular formula is C13H15NO3. The van der Waals surface area contributed by atoms with E-state index >= 15 is 0 Å². The Kier molecular flexibility index (Phi) is 3.42. The number of nitrogens with one attached hydrogen (secondary N) is 1. The zero-order valence-corrected chi connectivity index (χ0v) is 9.68. The summed E-state index contributed by atoms with van der Waals surface area (Å²) in [5.41, 5.74) is 2.06. The number of hydrogen-bond acceptors (Lipinski definition) is 4. The van der Waals surface area contributed by atoms with Crippen LogP contribution in [0, 0.1) is 5.92 Å². The van der Waals surface area contributed by atoms with Gasteiger partial charge in [0, 0.05) is 5.69 Å². The summed E-state index contributed by atoms with van der Waals surface area (Å²) >= 11 is 0. The normalized spacial score (nSPS) is 22.9. The number of carbonyl (C=O) groups is 2. The fraction of sp³-hybridized carbons (Fsp3) is 0.385. The van der Waals surface area contributed by atoms with Gasteiger partial charge >= 0.3 is 5.97 Å². The van der Waals surface area contributed by atoms with Gasteiger partial charge in [-0.1, -0.05) is 18.2 Å². The number of para-hydroxylation sites is 1. The van der Waals surface area contributed by atoms with E-state index in [-0.39, 0.29) is 5.97 Å². The first-order chi connectivity index (χ1) is 8.26. The number of methoxy groups -OCH3 is 1. The number of rotatable bonds is 2. The maximum atomic E-state index is 11.6. The van der Waals surface area contributed by atoms with Crippen molar-refractivity contribution in [2.45, 2.75) is 18.9 Å². The van der Waals surface area contributed by atoms with Gasteiger partial charge < -0.3 is 14.8 Å². The highest BCUT2D eigenvalue weighted by Crippen LogP contribution is 2.27. The number of benzene rings is 1. The number of hydrogen-bond donors (Lipinski definition) is 1. The Balaban J connectivity index is 2.28. The van der Waals surface area contributed by atoms with Crippen molar-refractivity contribution in [2.24, 2.45) is 5.92 Å². The van der Waals surface area contributed by atoms with Crippen LogP contribution >= 0.6 is 0 Å². The van der Waals surface area contributed by atoms with Crippen molar-refractivity contribution in [2.75, 3.05) is 12.4 Å². The molecule has 90 valence electrons. The first-order valence-corrected chi connectivity index (χ1v) is 5.64. The summed E-state index contributed by atoms with van der Waals surface area (Å²) in [6.07, 6.45) is 2.18. The van der Waals surface area contributed by atoms with Crippen LogP contribution in [0.4, 0.5) is 5.69 Å². The van der Waals surface area contributed by atoms with Crippen molar-refractivity contribution in [3.63, 3.8) is 0 Å². The molecule has 1 N–H and O–H groups in total. The smallest absolute Gasteiger partial charge is 0.311 e. The van der Waals surface area contributed by atoms with Gasteiger partial charge in [0.2, 0.25) is 0 Å². The molecular weight excluding hydrogens is 218 g/mol. The average molecular weight is 233 g/mol. The van der Waals surface area contributed by atoms with Crippen molar-refractivity contribution in [3.8, 4) is 0 Å². The van der Waals surface area contributed by atoms with Crippen LogP contribution in [0.5, 0.6) is 0 Å². The van der Waals surface area contributed by atoms with E-state index in [1.165, 1.54) is 7.11 Å². The third-order valence-electron chi connectivity index (χ3n) is 3.15. The van der Waals surface area contributed by atoms with E-state index in [1.807, 2.05) is 24.3 Å². The summed E-state index contributed by atoms with van der Waals surface area (Å²) in [6.45, 7) is 0. The average Bonchev–Trinajstić information content (AvgIpc) is 2.56. The Morgan fingerprint density at radius 1 is 1.47 bits per heavy atom. The molecule has 0 spiro atoms. The molecule has 4 nitrogen and oxygen atoms in total. The summed E-state index contributed by atoms with van der Waals surface area (Å²) in [6, 6.07) is 7.28. The van der Waals surface area contributed by atoms with Crippen LogP contribution in [-0.2, 0) is 20.7 Å². The summed E-state index contributed by atoms with van der Waals surface area (Å²) in [5.74, 6) is -0.743. The monoisotopic (exact) mass is 233 g/mol. The first kappa shape index (κ1) is 11.6. The third-order valence-corrected chi connectivity index (χ3v) is 3.15. The molecule has 0 amide bonds. The van der Waals surface area contributed by atoms with E-state index in [0.717, 1.165) is 24.0 Å². The molecule has 0 aromatic heterocycles. The Morgan fingerprint density at radius 3 is 2.94 bits per heavy atom. The van der Waals surface area contributed by atoms with Crippen LogP contribution in [0.2, 0.25) is 0 Å². The molecule has 1 heterocycles. The van der Waals surface area contributed by atoms with Gasteiger partial charge in [-0.25, -0.2) is 0 Å². The Bertz CT molecular complexity index is 430. The second kappa shape index (κ2) is 4.99. The molecule has 0 saturated carbocycles. The zero-order valence-electron chi connectivity index (χ0n) is 9.68. The lowest BCUT2D eigenvalue weighted by molar-refractivity contribution is -0.146. The molecule has 0 saturated heterocycles. The topological polar surface area (TPSA) is 55.4 Å². The minimum Gasteiger partial charge on any atom is -0.469 e. The van der Waals surface area contributed by atoms with E-state index in [1.54, 1.807) is 0 Å². The SMILES string of the molecule is COC(=O)C1CCc2ccccc2NC1C=O. The molecule has 17 heavy (non-hydrogen) atoms. The van der Waals surface area contributed by atoms with Gasteiger partial charge in [0.1, 0.15) is 6.29 Å². The van der Waals surface area contributed by atoms with Crippen LogP contribution in [-0.4, -0.2) is 25.4 Å². The highest BCUT2D eigenvalue weighted by Gasteiger charge is 2.31. The van der Waals surface area contributed by atoms with Gasteiger partial charge in [-0.15, -0.1) is 0 Å². The fourth-order valence-corrected chi connectivity index (χ4v) is 2.19. The molecule has 0 bridgehead atoms. The van der Waals surface area contributed by atoms with Crippen LogP contribution in [0.25, 0.3) is 0 Å². The van der Waals surface area contributed by atoms with Gasteiger partial charge in [0.15, 0.2) is 0 Å². The molecule has 4 heteroatoms. The molecule has 0 fully saturated rings. The quantitative estimate of drug-likeness (QED) is 0.619. The highest BCUT2D eigenvalue weighted by molar-refractivity contribution is 5.81. The van der Waals surface area contributed by atoms with Crippen molar-refractivity contribution in [1.29, 1.82) is 0 Å². The lowest BCUT2D eigenvalue weighted by Crippen LogP contribution is -2.35. The summed E-state index contributed by atoms with van der Waals surface area (Å²) in [4.78, 5) is 22.7. The number of fused-ring (bicyclic) bond motifs is 1. The number of esters is 1. The van der Waals surface area contributed by atoms with E-state index in [4.69, 9.17) is 4.74 Å². The number of aldehydes is 1. The number of carbonyl (C=O) groups excluding carboxylic acids is 2. The van der Waals surface area contributed by atoms with E-state index in [2.05, 4.69) is 5.32 Å². The van der Waals surface area contributed by atoms with Crippen molar-refractivity contribution >= 4 is 17.9 Å². The lowest BCUT2D eigenvalue weighted by Gasteiger charge is -2.19. The van der Waals surface area contributed by atoms with Crippen LogP contribution in [0.15, 0.2) is 24.3 Å². The number of aryl methyl sites for hydroxylation is 1. The molecule has 0 aliphatic carbocycles. The minimum absolute atomic E-state index is 0.331. The predicted molar refractivity (Wildman–Crippen MR) is 63.7 cm³/mol. The van der Waals surface area contributed by atoms with Gasteiger partial charge in [0.05, 0.1) is 19.1 Å². The maximum absolute atomic E-state index is 11.6. The second-order valence-electron chi connectivity index (χ2n) is 4.13. The molecule has 0 radical (unpaired) electrons. The second-order valence-corrected chi connectivity index (χ2v) is 4.13. The molecule has 2 atom stereocenters. The van der Waals surface area contributed by atoms with Gasteiger partial charge in [-0.05, 0) is 24.5 Å². The molecule has 2 rings (SSSR count). The Labute approximate surface area is 100.0 Å². The van der Waals surface area contributed by atoms with Crippen LogP contribution in [0.3, 0.4) is 0 Å². The van der Waals surface area contributed by atoms with E-state index < -0.39 is 12.0 Å². The fourth-order valence-electron chi connectivity index (χ4n) is 2.19. The molecule has 1 aromatic rings. The first-order valence-electron chi connectivity index (χ1n) is 5.64. The van der Waals surface area contributed by atoms with Gasteiger partial charge in [-0.3, -0.25) is 4.79 Å². The van der Waals surface area contributed by atoms with Gasteiger partial charge in [0.25, 0.3) is 0 Å². The van der Waals surface area contributed by atoms with Crippen LogP contribution < -0.4 is 5.32 Å². The standard InChI is InChI=1S/C13H15NO3/c1-17-13(16)10-7-6-9-4-2-3-5-11(9)14-12(10)8-15/h2-5,8,10,12,14H,6-7H2,1H3. The predicted octanol–water partition coefficient (Wildman–Crippen LogP) is 1.40. The zero-order chi connectivity index (χ0) is 12.3. The Morgan fingerprint density at radius 2 is 2.24 bits per heavy atom. The maximum Gasteiger partial charge on any atom is 0.311 e. The largest absolute Gasteiger partial charge is 0.469 e. The molecule has 1 aliphatic rings.